The average molecular weight is 238 g/mol. The fourth-order valence-electron chi connectivity index (χ4n) is 2.90. The van der Waals surface area contributed by atoms with Crippen molar-refractivity contribution in [2.75, 3.05) is 6.61 Å². The third-order valence-electron chi connectivity index (χ3n) is 3.53. The molecule has 1 aromatic heterocycles. The van der Waals surface area contributed by atoms with Crippen molar-refractivity contribution in [2.24, 2.45) is 0 Å². The van der Waals surface area contributed by atoms with Crippen LogP contribution >= 0.6 is 0 Å². The minimum Gasteiger partial charge on any atom is -0.394 e. The Morgan fingerprint density at radius 1 is 1.59 bits per heavy atom. The molecule has 2 rings (SSSR count). The van der Waals surface area contributed by atoms with Crippen LogP contribution in [0.1, 0.15) is 45.6 Å². The summed E-state index contributed by atoms with van der Waals surface area (Å²) in [6.07, 6.45) is 7.53. The first-order valence-corrected chi connectivity index (χ1v) is 6.38. The van der Waals surface area contributed by atoms with E-state index in [2.05, 4.69) is 29.2 Å². The summed E-state index contributed by atoms with van der Waals surface area (Å²) >= 11 is 0. The van der Waals surface area contributed by atoms with Gasteiger partial charge in [-0.05, 0) is 25.7 Å². The van der Waals surface area contributed by atoms with Crippen LogP contribution in [0.3, 0.4) is 0 Å². The van der Waals surface area contributed by atoms with Gasteiger partial charge in [0.25, 0.3) is 0 Å². The van der Waals surface area contributed by atoms with E-state index in [0.717, 1.165) is 25.7 Å². The van der Waals surface area contributed by atoms with E-state index in [4.69, 9.17) is 0 Å². The van der Waals surface area contributed by atoms with Crippen LogP contribution in [-0.4, -0.2) is 38.1 Å². The van der Waals surface area contributed by atoms with Gasteiger partial charge < -0.3 is 10.4 Å². The zero-order valence-electron chi connectivity index (χ0n) is 10.6. The molecule has 0 aromatic carbocycles. The van der Waals surface area contributed by atoms with Crippen LogP contribution in [0.5, 0.6) is 0 Å². The fraction of sp³-hybridized carbons (Fsp3) is 0.833. The quantitative estimate of drug-likeness (QED) is 0.825. The molecule has 1 saturated carbocycles. The molecular formula is C12H22N4O. The second-order valence-corrected chi connectivity index (χ2v) is 5.36. The maximum atomic E-state index is 9.70. The molecule has 0 radical (unpaired) electrons. The van der Waals surface area contributed by atoms with Crippen molar-refractivity contribution >= 4 is 0 Å². The van der Waals surface area contributed by atoms with Crippen molar-refractivity contribution in [3.63, 3.8) is 0 Å². The molecule has 2 unspecified atom stereocenters. The highest BCUT2D eigenvalue weighted by Gasteiger charge is 2.37. The Kier molecular flexibility index (Phi) is 3.79. The van der Waals surface area contributed by atoms with Crippen molar-refractivity contribution in [1.29, 1.82) is 0 Å². The lowest BCUT2D eigenvalue weighted by Crippen LogP contribution is -2.54. The molecule has 1 aliphatic carbocycles. The second-order valence-electron chi connectivity index (χ2n) is 5.36. The zero-order chi connectivity index (χ0) is 12.3. The number of rotatable bonds is 4. The smallest absolute Gasteiger partial charge is 0.137 e. The number of hydrogen-bond donors (Lipinski definition) is 2. The van der Waals surface area contributed by atoms with Gasteiger partial charge in [-0.15, -0.1) is 0 Å². The van der Waals surface area contributed by atoms with Gasteiger partial charge in [0.15, 0.2) is 0 Å². The standard InChI is InChI=1S/C12H22N4O/c1-10(2)15-12(7-17)5-3-4-11(6-12)16-9-13-8-14-16/h8-11,15,17H,3-7H2,1-2H3. The first kappa shape index (κ1) is 12.5. The van der Waals surface area contributed by atoms with Crippen LogP contribution in [0.25, 0.3) is 0 Å². The molecule has 0 saturated heterocycles. The Labute approximate surface area is 102 Å². The Hall–Kier alpha value is -0.940. The molecule has 1 aliphatic rings. The van der Waals surface area contributed by atoms with Gasteiger partial charge >= 0.3 is 0 Å². The molecule has 5 heteroatoms. The van der Waals surface area contributed by atoms with Gasteiger partial charge in [0.2, 0.25) is 0 Å². The third-order valence-corrected chi connectivity index (χ3v) is 3.53. The van der Waals surface area contributed by atoms with Gasteiger partial charge in [0, 0.05) is 11.6 Å². The van der Waals surface area contributed by atoms with Crippen LogP contribution in [-0.2, 0) is 0 Å². The van der Waals surface area contributed by atoms with E-state index in [1.807, 2.05) is 4.68 Å². The van der Waals surface area contributed by atoms with Crippen LogP contribution in [0.15, 0.2) is 12.7 Å². The highest BCUT2D eigenvalue weighted by Crippen LogP contribution is 2.35. The Bertz CT molecular complexity index is 338. The second kappa shape index (κ2) is 5.14. The molecule has 1 heterocycles. The maximum Gasteiger partial charge on any atom is 0.137 e. The SMILES string of the molecule is CC(C)NC1(CO)CCCC(n2cncn2)C1. The molecule has 0 amide bonds. The van der Waals surface area contributed by atoms with E-state index < -0.39 is 0 Å². The van der Waals surface area contributed by atoms with Gasteiger partial charge in [0.05, 0.1) is 12.6 Å². The lowest BCUT2D eigenvalue weighted by molar-refractivity contribution is 0.0872. The molecule has 96 valence electrons. The van der Waals surface area contributed by atoms with Crippen LogP contribution < -0.4 is 5.32 Å². The van der Waals surface area contributed by atoms with Crippen molar-refractivity contribution in [1.82, 2.24) is 20.1 Å². The van der Waals surface area contributed by atoms with Crippen molar-refractivity contribution in [3.05, 3.63) is 12.7 Å². The lowest BCUT2D eigenvalue weighted by atomic mass is 9.79. The monoisotopic (exact) mass is 238 g/mol. The summed E-state index contributed by atoms with van der Waals surface area (Å²) in [6, 6.07) is 0.737. The van der Waals surface area contributed by atoms with Crippen molar-refractivity contribution in [2.45, 2.75) is 57.2 Å². The largest absolute Gasteiger partial charge is 0.394 e. The Morgan fingerprint density at radius 3 is 3.00 bits per heavy atom. The summed E-state index contributed by atoms with van der Waals surface area (Å²) in [6.45, 7) is 4.43. The van der Waals surface area contributed by atoms with Gasteiger partial charge in [-0.1, -0.05) is 13.8 Å². The van der Waals surface area contributed by atoms with Gasteiger partial charge in [0.1, 0.15) is 12.7 Å². The Morgan fingerprint density at radius 2 is 2.41 bits per heavy atom. The molecule has 0 aliphatic heterocycles. The number of aromatic nitrogens is 3. The normalized spacial score (nSPS) is 29.8. The highest BCUT2D eigenvalue weighted by molar-refractivity contribution is 4.95. The molecule has 1 aromatic rings. The summed E-state index contributed by atoms with van der Waals surface area (Å²) in [5, 5.41) is 17.4. The van der Waals surface area contributed by atoms with E-state index in [9.17, 15) is 5.11 Å². The summed E-state index contributed by atoms with van der Waals surface area (Å²) in [5.74, 6) is 0. The topological polar surface area (TPSA) is 63.0 Å². The maximum absolute atomic E-state index is 9.70. The van der Waals surface area contributed by atoms with Gasteiger partial charge in [-0.3, -0.25) is 0 Å². The summed E-state index contributed by atoms with van der Waals surface area (Å²) in [5.41, 5.74) is -0.150. The summed E-state index contributed by atoms with van der Waals surface area (Å²) in [7, 11) is 0. The summed E-state index contributed by atoms with van der Waals surface area (Å²) < 4.78 is 1.92. The van der Waals surface area contributed by atoms with E-state index in [0.29, 0.717) is 12.1 Å². The predicted octanol–water partition coefficient (Wildman–Crippen LogP) is 1.12. The van der Waals surface area contributed by atoms with Crippen LogP contribution in [0.2, 0.25) is 0 Å². The first-order valence-electron chi connectivity index (χ1n) is 6.38. The first-order chi connectivity index (χ1) is 8.15. The molecule has 0 bridgehead atoms. The fourth-order valence-corrected chi connectivity index (χ4v) is 2.90. The number of nitrogens with zero attached hydrogens (tertiary/aromatic N) is 3. The number of nitrogens with one attached hydrogen (secondary N) is 1. The van der Waals surface area contributed by atoms with E-state index >= 15 is 0 Å². The van der Waals surface area contributed by atoms with E-state index in [1.54, 1.807) is 12.7 Å². The number of hydrogen-bond acceptors (Lipinski definition) is 4. The van der Waals surface area contributed by atoms with E-state index in [-0.39, 0.29) is 12.1 Å². The highest BCUT2D eigenvalue weighted by atomic mass is 16.3. The zero-order valence-corrected chi connectivity index (χ0v) is 10.6. The van der Waals surface area contributed by atoms with Gasteiger partial charge in [-0.25, -0.2) is 9.67 Å². The predicted molar refractivity (Wildman–Crippen MR) is 65.6 cm³/mol. The average Bonchev–Trinajstić information content (AvgIpc) is 2.82. The molecule has 5 nitrogen and oxygen atoms in total. The third kappa shape index (κ3) is 2.84. The minimum absolute atomic E-state index is 0.150. The van der Waals surface area contributed by atoms with Gasteiger partial charge in [-0.2, -0.15) is 5.10 Å². The molecule has 2 N–H and O–H groups in total. The molecule has 17 heavy (non-hydrogen) atoms. The number of aliphatic hydroxyl groups is 1. The lowest BCUT2D eigenvalue weighted by Gasteiger charge is -2.41. The Balaban J connectivity index is 2.09. The molecule has 0 spiro atoms. The number of aliphatic hydroxyl groups excluding tert-OH is 1. The molecular weight excluding hydrogens is 216 g/mol. The molecule has 2 atom stereocenters. The van der Waals surface area contributed by atoms with Crippen molar-refractivity contribution in [3.8, 4) is 0 Å². The van der Waals surface area contributed by atoms with Crippen molar-refractivity contribution < 1.29 is 5.11 Å². The molecule has 1 fully saturated rings. The van der Waals surface area contributed by atoms with Crippen LogP contribution in [0.4, 0.5) is 0 Å². The minimum atomic E-state index is -0.150. The van der Waals surface area contributed by atoms with E-state index in [1.165, 1.54) is 0 Å². The van der Waals surface area contributed by atoms with Crippen LogP contribution in [0, 0.1) is 0 Å². The summed E-state index contributed by atoms with van der Waals surface area (Å²) in [4.78, 5) is 4.00.